The normalized spacial score (nSPS) is 17.8. The number of rotatable bonds is 9. The third-order valence-corrected chi connectivity index (χ3v) is 5.91. The molecule has 0 radical (unpaired) electrons. The number of nitrogens with one attached hydrogen (secondary N) is 2. The Labute approximate surface area is 198 Å². The summed E-state index contributed by atoms with van der Waals surface area (Å²) in [6.07, 6.45) is 6.66. The number of ether oxygens (including phenoxy) is 1. The van der Waals surface area contributed by atoms with Gasteiger partial charge in [0.05, 0.1) is 18.6 Å². The largest absolute Gasteiger partial charge is 0.493 e. The second-order valence-electron chi connectivity index (χ2n) is 8.60. The summed E-state index contributed by atoms with van der Waals surface area (Å²) in [6, 6.07) is 8.13. The molecular weight excluding hydrogens is 491 g/mol. The minimum absolute atomic E-state index is 0. The van der Waals surface area contributed by atoms with Gasteiger partial charge in [-0.05, 0) is 44.6 Å². The molecule has 1 amide bonds. The third-order valence-electron chi connectivity index (χ3n) is 5.91. The molecule has 2 fully saturated rings. The number of hydrogen-bond donors (Lipinski definition) is 2. The molecule has 0 aromatic heterocycles. The lowest BCUT2D eigenvalue weighted by atomic mass is 9.84. The lowest BCUT2D eigenvalue weighted by Gasteiger charge is -2.31. The van der Waals surface area contributed by atoms with Crippen LogP contribution >= 0.6 is 24.0 Å². The molecule has 0 spiro atoms. The van der Waals surface area contributed by atoms with Gasteiger partial charge in [-0.3, -0.25) is 4.79 Å². The average Bonchev–Trinajstić information content (AvgIpc) is 3.43. The van der Waals surface area contributed by atoms with Gasteiger partial charge in [0.15, 0.2) is 5.96 Å². The SMILES string of the molecule is CCNC(=NCc1ccccc1OCC1CC1)NCC1(C(=O)N(C)C)CCCC1.I. The van der Waals surface area contributed by atoms with Crippen LogP contribution in [0.4, 0.5) is 0 Å². The summed E-state index contributed by atoms with van der Waals surface area (Å²) in [7, 11) is 3.69. The molecule has 7 heteroatoms. The lowest BCUT2D eigenvalue weighted by Crippen LogP contribution is -2.49. The average molecular weight is 528 g/mol. The molecule has 168 valence electrons. The van der Waals surface area contributed by atoms with Crippen LogP contribution in [0, 0.1) is 11.3 Å². The summed E-state index contributed by atoms with van der Waals surface area (Å²) in [6.45, 7) is 4.80. The minimum Gasteiger partial charge on any atom is -0.493 e. The maximum Gasteiger partial charge on any atom is 0.230 e. The molecule has 2 aliphatic rings. The maximum absolute atomic E-state index is 12.8. The predicted octanol–water partition coefficient (Wildman–Crippen LogP) is 3.80. The van der Waals surface area contributed by atoms with Crippen LogP contribution in [0.25, 0.3) is 0 Å². The van der Waals surface area contributed by atoms with E-state index in [0.29, 0.717) is 13.1 Å². The molecule has 0 atom stereocenters. The zero-order chi connectivity index (χ0) is 20.7. The number of hydrogen-bond acceptors (Lipinski definition) is 3. The van der Waals surface area contributed by atoms with E-state index in [1.54, 1.807) is 4.90 Å². The van der Waals surface area contributed by atoms with E-state index >= 15 is 0 Å². The van der Waals surface area contributed by atoms with E-state index in [1.807, 2.05) is 32.3 Å². The predicted molar refractivity (Wildman–Crippen MR) is 132 cm³/mol. The molecule has 2 saturated carbocycles. The maximum atomic E-state index is 12.8. The van der Waals surface area contributed by atoms with Gasteiger partial charge in [0, 0.05) is 32.7 Å². The first-order valence-electron chi connectivity index (χ1n) is 11.0. The van der Waals surface area contributed by atoms with Crippen molar-refractivity contribution in [3.05, 3.63) is 29.8 Å². The Morgan fingerprint density at radius 3 is 2.53 bits per heavy atom. The van der Waals surface area contributed by atoms with Crippen LogP contribution in [0.2, 0.25) is 0 Å². The molecule has 2 aliphatic carbocycles. The minimum atomic E-state index is -0.315. The highest BCUT2D eigenvalue weighted by Gasteiger charge is 2.42. The molecule has 1 aromatic carbocycles. The Bertz CT molecular complexity index is 713. The van der Waals surface area contributed by atoms with Crippen molar-refractivity contribution < 1.29 is 9.53 Å². The van der Waals surface area contributed by atoms with Crippen molar-refractivity contribution in [2.45, 2.75) is 52.0 Å². The molecule has 6 nitrogen and oxygen atoms in total. The number of carbonyl (C=O) groups excluding carboxylic acids is 1. The van der Waals surface area contributed by atoms with Crippen molar-refractivity contribution in [3.63, 3.8) is 0 Å². The topological polar surface area (TPSA) is 66.0 Å². The Balaban J connectivity index is 0.00000320. The highest BCUT2D eigenvalue weighted by atomic mass is 127. The summed E-state index contributed by atoms with van der Waals surface area (Å²) in [5, 5.41) is 6.75. The number of amides is 1. The van der Waals surface area contributed by atoms with Crippen molar-refractivity contribution in [2.24, 2.45) is 16.3 Å². The van der Waals surface area contributed by atoms with E-state index in [9.17, 15) is 4.79 Å². The third kappa shape index (κ3) is 6.75. The van der Waals surface area contributed by atoms with Gasteiger partial charge in [-0.15, -0.1) is 24.0 Å². The highest BCUT2D eigenvalue weighted by molar-refractivity contribution is 14.0. The van der Waals surface area contributed by atoms with Crippen molar-refractivity contribution in [3.8, 4) is 5.75 Å². The first kappa shape index (κ1) is 24.8. The molecule has 0 aliphatic heterocycles. The smallest absolute Gasteiger partial charge is 0.230 e. The van der Waals surface area contributed by atoms with E-state index < -0.39 is 0 Å². The van der Waals surface area contributed by atoms with Crippen molar-refractivity contribution in [2.75, 3.05) is 33.8 Å². The van der Waals surface area contributed by atoms with Crippen LogP contribution in [0.3, 0.4) is 0 Å². The van der Waals surface area contributed by atoms with E-state index in [0.717, 1.165) is 62.0 Å². The molecule has 30 heavy (non-hydrogen) atoms. The molecule has 0 heterocycles. The van der Waals surface area contributed by atoms with Gasteiger partial charge < -0.3 is 20.3 Å². The number of halogens is 1. The van der Waals surface area contributed by atoms with Crippen LogP contribution < -0.4 is 15.4 Å². The molecular formula is C23H37IN4O2. The van der Waals surface area contributed by atoms with E-state index in [1.165, 1.54) is 12.8 Å². The van der Waals surface area contributed by atoms with E-state index in [4.69, 9.17) is 9.73 Å². The fourth-order valence-electron chi connectivity index (χ4n) is 4.02. The van der Waals surface area contributed by atoms with Gasteiger partial charge in [-0.2, -0.15) is 0 Å². The zero-order valence-corrected chi connectivity index (χ0v) is 20.9. The lowest BCUT2D eigenvalue weighted by molar-refractivity contribution is -0.138. The van der Waals surface area contributed by atoms with Gasteiger partial charge in [0.2, 0.25) is 5.91 Å². The summed E-state index contributed by atoms with van der Waals surface area (Å²) in [5.41, 5.74) is 0.774. The van der Waals surface area contributed by atoms with Crippen LogP contribution in [-0.4, -0.2) is 50.6 Å². The number of carbonyl (C=O) groups is 1. The monoisotopic (exact) mass is 528 g/mol. The van der Waals surface area contributed by atoms with Gasteiger partial charge in [0.25, 0.3) is 0 Å². The Morgan fingerprint density at radius 1 is 1.20 bits per heavy atom. The number of para-hydroxylation sites is 1. The second kappa shape index (κ2) is 11.8. The van der Waals surface area contributed by atoms with Crippen LogP contribution in [0.15, 0.2) is 29.3 Å². The highest BCUT2D eigenvalue weighted by Crippen LogP contribution is 2.39. The van der Waals surface area contributed by atoms with Crippen LogP contribution in [-0.2, 0) is 11.3 Å². The fraction of sp³-hybridized carbons (Fsp3) is 0.652. The number of aliphatic imine (C=N–C) groups is 1. The van der Waals surface area contributed by atoms with Crippen LogP contribution in [0.5, 0.6) is 5.75 Å². The second-order valence-corrected chi connectivity index (χ2v) is 8.60. The van der Waals surface area contributed by atoms with E-state index in [-0.39, 0.29) is 35.3 Å². The summed E-state index contributed by atoms with van der Waals surface area (Å²) in [5.74, 6) is 2.62. The zero-order valence-electron chi connectivity index (χ0n) is 18.6. The van der Waals surface area contributed by atoms with Gasteiger partial charge in [-0.1, -0.05) is 31.0 Å². The first-order valence-corrected chi connectivity index (χ1v) is 11.0. The molecule has 0 saturated heterocycles. The van der Waals surface area contributed by atoms with Crippen molar-refractivity contribution >= 4 is 35.8 Å². The van der Waals surface area contributed by atoms with E-state index in [2.05, 4.69) is 23.6 Å². The summed E-state index contributed by atoms with van der Waals surface area (Å²) >= 11 is 0. The Hall–Kier alpha value is -1.51. The Kier molecular flexibility index (Phi) is 9.71. The van der Waals surface area contributed by atoms with Crippen molar-refractivity contribution in [1.29, 1.82) is 0 Å². The summed E-state index contributed by atoms with van der Waals surface area (Å²) < 4.78 is 6.01. The molecule has 2 N–H and O–H groups in total. The van der Waals surface area contributed by atoms with Crippen molar-refractivity contribution in [1.82, 2.24) is 15.5 Å². The number of benzene rings is 1. The first-order chi connectivity index (χ1) is 14.0. The van der Waals surface area contributed by atoms with Gasteiger partial charge in [0.1, 0.15) is 5.75 Å². The quantitative estimate of drug-likeness (QED) is 0.291. The number of nitrogens with zero attached hydrogens (tertiary/aromatic N) is 2. The molecule has 0 unspecified atom stereocenters. The van der Waals surface area contributed by atoms with Gasteiger partial charge >= 0.3 is 0 Å². The summed E-state index contributed by atoms with van der Waals surface area (Å²) in [4.78, 5) is 19.3. The standard InChI is InChI=1S/C23H36N4O2.HI/c1-4-24-22(26-17-23(13-7-8-14-23)21(28)27(2)3)25-15-19-9-5-6-10-20(19)29-16-18-11-12-18;/h5-6,9-10,18H,4,7-8,11-17H2,1-3H3,(H2,24,25,26);1H. The molecule has 1 aromatic rings. The van der Waals surface area contributed by atoms with Gasteiger partial charge in [-0.25, -0.2) is 4.99 Å². The number of guanidine groups is 1. The fourth-order valence-corrected chi connectivity index (χ4v) is 4.02. The Morgan fingerprint density at radius 2 is 1.90 bits per heavy atom. The molecule has 3 rings (SSSR count). The van der Waals surface area contributed by atoms with Crippen LogP contribution in [0.1, 0.15) is 51.0 Å². The molecule has 0 bridgehead atoms.